The van der Waals surface area contributed by atoms with Crippen LogP contribution < -0.4 is 0 Å². The van der Waals surface area contributed by atoms with Gasteiger partial charge in [-0.05, 0) is 81.5 Å². The molecule has 3 fully saturated rings. The van der Waals surface area contributed by atoms with Crippen molar-refractivity contribution in [3.63, 3.8) is 0 Å². The van der Waals surface area contributed by atoms with Crippen molar-refractivity contribution in [3.05, 3.63) is 11.6 Å². The molecule has 0 aliphatic heterocycles. The molecule has 0 bridgehead atoms. The molecule has 0 aromatic rings. The van der Waals surface area contributed by atoms with E-state index in [4.69, 9.17) is 0 Å². The monoisotopic (exact) mass is 320 g/mol. The van der Waals surface area contributed by atoms with E-state index < -0.39 is 0 Å². The first-order valence-corrected chi connectivity index (χ1v) is 9.63. The van der Waals surface area contributed by atoms with Gasteiger partial charge in [0.15, 0.2) is 0 Å². The zero-order valence-electron chi connectivity index (χ0n) is 14.5. The van der Waals surface area contributed by atoms with Crippen LogP contribution in [-0.2, 0) is 0 Å². The van der Waals surface area contributed by atoms with Gasteiger partial charge in [-0.25, -0.2) is 0 Å². The van der Waals surface area contributed by atoms with Crippen LogP contribution in [0.15, 0.2) is 11.6 Å². The Hall–Kier alpha value is -0.380. The summed E-state index contributed by atoms with van der Waals surface area (Å²) in [6.07, 6.45) is 9.49. The number of hydrogen-bond acceptors (Lipinski definition) is 3. The second-order valence-corrected chi connectivity index (χ2v) is 9.09. The molecule has 3 heteroatoms. The number of rotatable bonds is 1. The largest absolute Gasteiger partial charge is 0.393 e. The number of aliphatic hydroxyl groups excluding tert-OH is 3. The molecular formula is C20H32O3. The number of fused-ring (bicyclic) bond motifs is 5. The molecule has 0 spiro atoms. The third-order valence-corrected chi connectivity index (χ3v) is 8.38. The number of hydrogen-bond donors (Lipinski definition) is 3. The Kier molecular flexibility index (Phi) is 3.72. The molecule has 0 unspecified atom stereocenters. The zero-order chi connectivity index (χ0) is 16.4. The Bertz CT molecular complexity index is 513. The molecule has 0 radical (unpaired) electrons. The normalized spacial score (nSPS) is 53.8. The van der Waals surface area contributed by atoms with Crippen molar-refractivity contribution in [1.29, 1.82) is 0 Å². The second-order valence-electron chi connectivity index (χ2n) is 9.09. The summed E-state index contributed by atoms with van der Waals surface area (Å²) in [7, 11) is 0. The molecule has 4 rings (SSSR count). The Morgan fingerprint density at radius 3 is 2.61 bits per heavy atom. The van der Waals surface area contributed by atoms with E-state index in [2.05, 4.69) is 13.0 Å². The summed E-state index contributed by atoms with van der Waals surface area (Å²) in [6, 6.07) is 0. The van der Waals surface area contributed by atoms with E-state index in [-0.39, 0.29) is 29.1 Å². The topological polar surface area (TPSA) is 60.7 Å². The summed E-state index contributed by atoms with van der Waals surface area (Å²) in [4.78, 5) is 0. The van der Waals surface area contributed by atoms with Gasteiger partial charge in [0.2, 0.25) is 0 Å². The van der Waals surface area contributed by atoms with E-state index in [9.17, 15) is 15.3 Å². The van der Waals surface area contributed by atoms with Crippen molar-refractivity contribution in [2.75, 3.05) is 0 Å². The maximum absolute atomic E-state index is 10.8. The minimum atomic E-state index is -0.343. The van der Waals surface area contributed by atoms with Gasteiger partial charge in [-0.2, -0.15) is 0 Å². The Morgan fingerprint density at radius 2 is 1.87 bits per heavy atom. The third kappa shape index (κ3) is 2.06. The summed E-state index contributed by atoms with van der Waals surface area (Å²) in [5, 5.41) is 31.4. The lowest BCUT2D eigenvalue weighted by Gasteiger charge is -2.59. The highest BCUT2D eigenvalue weighted by atomic mass is 16.3. The fourth-order valence-corrected chi connectivity index (χ4v) is 7.10. The quantitative estimate of drug-likeness (QED) is 0.651. The lowest BCUT2D eigenvalue weighted by Crippen LogP contribution is -2.55. The van der Waals surface area contributed by atoms with Crippen LogP contribution in [-0.4, -0.2) is 33.6 Å². The van der Waals surface area contributed by atoms with Gasteiger partial charge in [0.1, 0.15) is 0 Å². The molecule has 0 amide bonds. The van der Waals surface area contributed by atoms with Crippen molar-refractivity contribution in [1.82, 2.24) is 0 Å². The Morgan fingerprint density at radius 1 is 1.09 bits per heavy atom. The first-order chi connectivity index (χ1) is 10.9. The van der Waals surface area contributed by atoms with Crippen molar-refractivity contribution in [2.45, 2.75) is 83.5 Å². The molecule has 0 aromatic heterocycles. The van der Waals surface area contributed by atoms with E-state index in [1.54, 1.807) is 0 Å². The molecule has 23 heavy (non-hydrogen) atoms. The average molecular weight is 320 g/mol. The molecule has 3 nitrogen and oxygen atoms in total. The van der Waals surface area contributed by atoms with Crippen LogP contribution in [0, 0.1) is 28.6 Å². The Labute approximate surface area is 139 Å². The fraction of sp³-hybridized carbons (Fsp3) is 0.900. The van der Waals surface area contributed by atoms with Crippen LogP contribution in [0.5, 0.6) is 0 Å². The van der Waals surface area contributed by atoms with E-state index in [1.807, 2.05) is 6.92 Å². The zero-order valence-corrected chi connectivity index (χ0v) is 14.5. The molecular weight excluding hydrogens is 288 g/mol. The molecule has 0 saturated heterocycles. The first-order valence-electron chi connectivity index (χ1n) is 9.63. The smallest absolute Gasteiger partial charge is 0.0608 e. The van der Waals surface area contributed by atoms with Gasteiger partial charge in [0.05, 0.1) is 18.3 Å². The van der Waals surface area contributed by atoms with E-state index >= 15 is 0 Å². The minimum Gasteiger partial charge on any atom is -0.393 e. The average Bonchev–Trinajstić information content (AvgIpc) is 2.82. The summed E-state index contributed by atoms with van der Waals surface area (Å²) in [5.41, 5.74) is 1.30. The van der Waals surface area contributed by atoms with Crippen LogP contribution in [0.1, 0.15) is 65.2 Å². The van der Waals surface area contributed by atoms with Gasteiger partial charge < -0.3 is 15.3 Å². The van der Waals surface area contributed by atoms with Gasteiger partial charge in [-0.3, -0.25) is 0 Å². The highest BCUT2D eigenvalue weighted by Crippen LogP contribution is 2.65. The summed E-state index contributed by atoms with van der Waals surface area (Å²) in [6.45, 7) is 4.26. The lowest BCUT2D eigenvalue weighted by molar-refractivity contribution is -0.109. The van der Waals surface area contributed by atoms with E-state index in [1.165, 1.54) is 5.57 Å². The van der Waals surface area contributed by atoms with Gasteiger partial charge in [0.25, 0.3) is 0 Å². The summed E-state index contributed by atoms with van der Waals surface area (Å²) >= 11 is 0. The SMILES string of the molecule is C[C@@H](O)[C@]12CC[C@H](O)CC1=CC[C@H]1[C@@H]3CC[C@H](O)[C@@]3(C)CC[C@@H]12. The maximum Gasteiger partial charge on any atom is 0.0608 e. The predicted molar refractivity (Wildman–Crippen MR) is 89.7 cm³/mol. The summed E-state index contributed by atoms with van der Waals surface area (Å²) < 4.78 is 0. The molecule has 3 saturated carbocycles. The molecule has 130 valence electrons. The van der Waals surface area contributed by atoms with Gasteiger partial charge in [-0.15, -0.1) is 0 Å². The number of aliphatic hydroxyl groups is 3. The minimum absolute atomic E-state index is 0.0839. The van der Waals surface area contributed by atoms with Gasteiger partial charge in [-0.1, -0.05) is 18.6 Å². The predicted octanol–water partition coefficient (Wildman–Crippen LogP) is 3.03. The third-order valence-electron chi connectivity index (χ3n) is 8.38. The van der Waals surface area contributed by atoms with Crippen molar-refractivity contribution in [3.8, 4) is 0 Å². The van der Waals surface area contributed by atoms with Crippen LogP contribution in [0.2, 0.25) is 0 Å². The summed E-state index contributed by atoms with van der Waals surface area (Å²) in [5.74, 6) is 1.72. The van der Waals surface area contributed by atoms with Crippen LogP contribution in [0.3, 0.4) is 0 Å². The molecule has 8 atom stereocenters. The highest BCUT2D eigenvalue weighted by molar-refractivity contribution is 5.28. The molecule has 0 heterocycles. The molecule has 4 aliphatic rings. The standard InChI is InChI=1S/C20H32O3/c1-12(21)20-10-7-14(22)11-13(20)3-4-15-16-5-6-18(23)19(16,2)9-8-17(15)20/h3,12,14-18,21-23H,4-11H2,1-2H3/t12-,14+,15+,16+,17+,18+,19+,20-/m1/s1. The lowest BCUT2D eigenvalue weighted by atomic mass is 9.46. The van der Waals surface area contributed by atoms with Crippen LogP contribution in [0.25, 0.3) is 0 Å². The van der Waals surface area contributed by atoms with Crippen molar-refractivity contribution < 1.29 is 15.3 Å². The number of allylic oxidation sites excluding steroid dienone is 1. The first kappa shape index (κ1) is 16.1. The van der Waals surface area contributed by atoms with Crippen LogP contribution in [0.4, 0.5) is 0 Å². The van der Waals surface area contributed by atoms with Gasteiger partial charge in [0, 0.05) is 5.41 Å². The second kappa shape index (κ2) is 5.31. The fourth-order valence-electron chi connectivity index (χ4n) is 7.10. The van der Waals surface area contributed by atoms with Crippen molar-refractivity contribution in [2.24, 2.45) is 28.6 Å². The molecule has 4 aliphatic carbocycles. The Balaban J connectivity index is 1.73. The van der Waals surface area contributed by atoms with Gasteiger partial charge >= 0.3 is 0 Å². The highest BCUT2D eigenvalue weighted by Gasteiger charge is 2.60. The maximum atomic E-state index is 10.8. The van der Waals surface area contributed by atoms with Crippen molar-refractivity contribution >= 4 is 0 Å². The molecule has 0 aromatic carbocycles. The van der Waals surface area contributed by atoms with E-state index in [0.717, 1.165) is 51.4 Å². The van der Waals surface area contributed by atoms with E-state index in [0.29, 0.717) is 17.8 Å². The molecule has 3 N–H and O–H groups in total. The van der Waals surface area contributed by atoms with Crippen LogP contribution >= 0.6 is 0 Å².